The van der Waals surface area contributed by atoms with E-state index in [-0.39, 0.29) is 33.4 Å². The highest BCUT2D eigenvalue weighted by Crippen LogP contribution is 2.14. The fraction of sp³-hybridized carbons (Fsp3) is 0.143. The van der Waals surface area contributed by atoms with Gasteiger partial charge in [0, 0.05) is 0 Å². The average molecular weight is 462 g/mol. The van der Waals surface area contributed by atoms with Crippen LogP contribution in [-0.2, 0) is 14.2 Å². The van der Waals surface area contributed by atoms with Crippen LogP contribution in [0.15, 0.2) is 36.4 Å². The number of hydrogen-bond donors (Lipinski definition) is 3. The molecule has 0 amide bonds. The number of aromatic carboxylic acids is 3. The van der Waals surface area contributed by atoms with Crippen molar-refractivity contribution in [2.75, 3.05) is 21.3 Å². The van der Waals surface area contributed by atoms with E-state index in [0.717, 1.165) is 18.2 Å². The molecule has 0 atom stereocenters. The van der Waals surface area contributed by atoms with Crippen molar-refractivity contribution in [2.24, 2.45) is 0 Å². The van der Waals surface area contributed by atoms with Crippen LogP contribution < -0.4 is 0 Å². The first-order valence-electron chi connectivity index (χ1n) is 8.70. The third-order valence-electron chi connectivity index (χ3n) is 3.87. The van der Waals surface area contributed by atoms with Gasteiger partial charge in [-0.05, 0) is 36.4 Å². The molecule has 0 aliphatic heterocycles. The van der Waals surface area contributed by atoms with E-state index in [1.54, 1.807) is 0 Å². The molecule has 0 saturated heterocycles. The van der Waals surface area contributed by atoms with E-state index in [1.165, 1.54) is 39.5 Å². The van der Waals surface area contributed by atoms with Crippen molar-refractivity contribution in [1.82, 2.24) is 0 Å². The molecule has 0 aromatic heterocycles. The van der Waals surface area contributed by atoms with Crippen molar-refractivity contribution in [3.63, 3.8) is 0 Å². The zero-order valence-electron chi connectivity index (χ0n) is 17.5. The molecule has 0 spiro atoms. The highest BCUT2D eigenvalue weighted by Gasteiger charge is 2.17. The van der Waals surface area contributed by atoms with Crippen molar-refractivity contribution >= 4 is 35.8 Å². The van der Waals surface area contributed by atoms with E-state index in [4.69, 9.17) is 15.3 Å². The summed E-state index contributed by atoms with van der Waals surface area (Å²) >= 11 is 0. The zero-order chi connectivity index (χ0) is 25.3. The van der Waals surface area contributed by atoms with Crippen LogP contribution in [0.1, 0.15) is 62.1 Å². The van der Waals surface area contributed by atoms with Gasteiger partial charge in [0.2, 0.25) is 0 Å². The first kappa shape index (κ1) is 26.3. The Kier molecular flexibility index (Phi) is 9.24. The Morgan fingerprint density at radius 2 is 0.636 bits per heavy atom. The summed E-state index contributed by atoms with van der Waals surface area (Å²) in [4.78, 5) is 65.9. The molecule has 0 aliphatic carbocycles. The molecule has 0 aliphatic rings. The molecule has 33 heavy (non-hydrogen) atoms. The Bertz CT molecular complexity index is 953. The summed E-state index contributed by atoms with van der Waals surface area (Å²) in [6.07, 6.45) is 0. The van der Waals surface area contributed by atoms with Crippen molar-refractivity contribution in [1.29, 1.82) is 0 Å². The van der Waals surface area contributed by atoms with Gasteiger partial charge in [-0.1, -0.05) is 0 Å². The van der Waals surface area contributed by atoms with Crippen molar-refractivity contribution in [3.05, 3.63) is 69.8 Å². The largest absolute Gasteiger partial charge is 0.478 e. The number of esters is 3. The van der Waals surface area contributed by atoms with E-state index >= 15 is 0 Å². The van der Waals surface area contributed by atoms with Crippen LogP contribution >= 0.6 is 0 Å². The van der Waals surface area contributed by atoms with E-state index < -0.39 is 35.8 Å². The van der Waals surface area contributed by atoms with Gasteiger partial charge in [0.25, 0.3) is 0 Å². The molecule has 2 rings (SSSR count). The summed E-state index contributed by atoms with van der Waals surface area (Å²) in [5.41, 5.74) is -0.894. The number of hydrogen-bond acceptors (Lipinski definition) is 9. The third kappa shape index (κ3) is 7.17. The Morgan fingerprint density at radius 1 is 0.455 bits per heavy atom. The van der Waals surface area contributed by atoms with E-state index in [1.807, 2.05) is 0 Å². The summed E-state index contributed by atoms with van der Waals surface area (Å²) in [6, 6.07) is 6.55. The Morgan fingerprint density at radius 3 is 0.788 bits per heavy atom. The van der Waals surface area contributed by atoms with E-state index in [0.29, 0.717) is 0 Å². The average Bonchev–Trinajstić information content (AvgIpc) is 2.81. The standard InChI is InChI=1S/C12H12O6.C9H6O6/c1-16-10(13)7-4-8(11(14)17-2)6-9(5-7)12(15)18-3;10-7(11)4-1-5(8(12)13)3-6(2-4)9(14)15/h4-6H,1-3H3;1-3H,(H,10,11)(H,12,13)(H,14,15). The van der Waals surface area contributed by atoms with Crippen LogP contribution in [0.4, 0.5) is 0 Å². The summed E-state index contributed by atoms with van der Waals surface area (Å²) in [5, 5.41) is 25.8. The number of ether oxygens (including phenoxy) is 3. The van der Waals surface area contributed by atoms with Crippen LogP contribution in [0.2, 0.25) is 0 Å². The maximum absolute atomic E-state index is 11.4. The van der Waals surface area contributed by atoms with Gasteiger partial charge >= 0.3 is 35.8 Å². The van der Waals surface area contributed by atoms with Gasteiger partial charge in [0.15, 0.2) is 0 Å². The van der Waals surface area contributed by atoms with Crippen LogP contribution in [0.3, 0.4) is 0 Å². The molecule has 12 nitrogen and oxygen atoms in total. The number of methoxy groups -OCH3 is 3. The summed E-state index contributed by atoms with van der Waals surface area (Å²) in [6.45, 7) is 0. The molecule has 0 bridgehead atoms. The molecule has 2 aromatic carbocycles. The van der Waals surface area contributed by atoms with Gasteiger partial charge in [0.1, 0.15) is 0 Å². The Hall–Kier alpha value is -4.74. The van der Waals surface area contributed by atoms with E-state index in [9.17, 15) is 28.8 Å². The molecular weight excluding hydrogens is 444 g/mol. The summed E-state index contributed by atoms with van der Waals surface area (Å²) < 4.78 is 13.6. The molecule has 12 heteroatoms. The van der Waals surface area contributed by atoms with Crippen molar-refractivity contribution < 1.29 is 58.3 Å². The number of carboxylic acids is 3. The zero-order valence-corrected chi connectivity index (χ0v) is 17.5. The summed E-state index contributed by atoms with van der Waals surface area (Å²) in [5.74, 6) is -6.11. The smallest absolute Gasteiger partial charge is 0.337 e. The SMILES string of the molecule is COC(=O)c1cc(C(=O)OC)cc(C(=O)OC)c1.O=C(O)c1cc(C(=O)O)cc(C(=O)O)c1. The van der Waals surface area contributed by atoms with Crippen molar-refractivity contribution in [3.8, 4) is 0 Å². The van der Waals surface area contributed by atoms with Gasteiger partial charge in [-0.25, -0.2) is 28.8 Å². The Labute approximate surface area is 185 Å². The number of carbonyl (C=O) groups is 6. The molecule has 3 N–H and O–H groups in total. The molecule has 174 valence electrons. The maximum atomic E-state index is 11.4. The van der Waals surface area contributed by atoms with Gasteiger partial charge < -0.3 is 29.5 Å². The molecule has 0 radical (unpaired) electrons. The first-order chi connectivity index (χ1) is 15.4. The topological polar surface area (TPSA) is 191 Å². The minimum absolute atomic E-state index is 0.0702. The van der Waals surface area contributed by atoms with Crippen LogP contribution in [0.5, 0.6) is 0 Å². The van der Waals surface area contributed by atoms with Gasteiger partial charge in [-0.2, -0.15) is 0 Å². The van der Waals surface area contributed by atoms with Crippen LogP contribution in [0.25, 0.3) is 0 Å². The van der Waals surface area contributed by atoms with Gasteiger partial charge in [-0.15, -0.1) is 0 Å². The lowest BCUT2D eigenvalue weighted by atomic mass is 10.1. The van der Waals surface area contributed by atoms with Crippen molar-refractivity contribution in [2.45, 2.75) is 0 Å². The lowest BCUT2D eigenvalue weighted by Crippen LogP contribution is -2.10. The fourth-order valence-corrected chi connectivity index (χ4v) is 2.33. The number of carbonyl (C=O) groups excluding carboxylic acids is 3. The van der Waals surface area contributed by atoms with Crippen LogP contribution in [-0.4, -0.2) is 72.5 Å². The second-order valence-corrected chi connectivity index (χ2v) is 5.99. The maximum Gasteiger partial charge on any atom is 0.337 e. The highest BCUT2D eigenvalue weighted by atomic mass is 16.5. The second-order valence-electron chi connectivity index (χ2n) is 5.99. The lowest BCUT2D eigenvalue weighted by Gasteiger charge is -2.06. The molecule has 0 fully saturated rings. The third-order valence-corrected chi connectivity index (χ3v) is 3.87. The summed E-state index contributed by atoms with van der Waals surface area (Å²) in [7, 11) is 3.60. The molecule has 2 aromatic rings. The predicted molar refractivity (Wildman–Crippen MR) is 108 cm³/mol. The quantitative estimate of drug-likeness (QED) is 0.417. The minimum atomic E-state index is -1.37. The number of rotatable bonds is 6. The number of carboxylic acid groups (broad SMARTS) is 3. The van der Waals surface area contributed by atoms with Gasteiger partial charge in [0.05, 0.1) is 54.7 Å². The molecule has 0 saturated carbocycles. The Balaban J connectivity index is 0.000000335. The number of benzene rings is 2. The highest BCUT2D eigenvalue weighted by molar-refractivity contribution is 6.00. The van der Waals surface area contributed by atoms with Gasteiger partial charge in [-0.3, -0.25) is 0 Å². The molecule has 0 heterocycles. The normalized spacial score (nSPS) is 9.55. The van der Waals surface area contributed by atoms with E-state index in [2.05, 4.69) is 14.2 Å². The first-order valence-corrected chi connectivity index (χ1v) is 8.70. The molecular formula is C21H18O12. The fourth-order valence-electron chi connectivity index (χ4n) is 2.33. The monoisotopic (exact) mass is 462 g/mol. The second kappa shape index (κ2) is 11.6. The lowest BCUT2D eigenvalue weighted by molar-refractivity contribution is 0.0590. The predicted octanol–water partition coefficient (Wildman–Crippen LogP) is 1.83. The molecule has 0 unspecified atom stereocenters. The minimum Gasteiger partial charge on any atom is -0.478 e. The van der Waals surface area contributed by atoms with Crippen LogP contribution in [0, 0.1) is 0 Å².